The van der Waals surface area contributed by atoms with Crippen LogP contribution in [0.4, 0.5) is 5.69 Å². The summed E-state index contributed by atoms with van der Waals surface area (Å²) in [7, 11) is 1.58. The number of amidine groups is 1. The molecule has 1 amide bonds. The number of thioether (sulfide) groups is 1. The number of amides is 1. The van der Waals surface area contributed by atoms with Crippen LogP contribution in [0.1, 0.15) is 24.5 Å². The van der Waals surface area contributed by atoms with Gasteiger partial charge in [-0.15, -0.1) is 0 Å². The van der Waals surface area contributed by atoms with E-state index in [1.54, 1.807) is 24.1 Å². The number of carbonyl (C=O) groups excluding carboxylic acids is 1. The number of aliphatic imine (C=N–C) groups is 1. The minimum Gasteiger partial charge on any atom is -0.493 e. The predicted octanol–water partition coefficient (Wildman–Crippen LogP) is 7.60. The van der Waals surface area contributed by atoms with E-state index >= 15 is 0 Å². The maximum Gasteiger partial charge on any atom is 0.266 e. The van der Waals surface area contributed by atoms with E-state index < -0.39 is 0 Å². The first kappa shape index (κ1) is 25.2. The lowest BCUT2D eigenvalue weighted by molar-refractivity contribution is -0.122. The molecule has 35 heavy (non-hydrogen) atoms. The van der Waals surface area contributed by atoms with Gasteiger partial charge in [0.05, 0.1) is 27.7 Å². The Morgan fingerprint density at radius 3 is 2.51 bits per heavy atom. The zero-order valence-electron chi connectivity index (χ0n) is 19.3. The van der Waals surface area contributed by atoms with E-state index in [1.165, 1.54) is 11.8 Å². The molecule has 0 unspecified atom stereocenters. The molecule has 1 saturated heterocycles. The Balaban J connectivity index is 1.54. The molecule has 5 nitrogen and oxygen atoms in total. The van der Waals surface area contributed by atoms with Gasteiger partial charge in [0.2, 0.25) is 0 Å². The summed E-state index contributed by atoms with van der Waals surface area (Å²) in [4.78, 5) is 20.1. The molecule has 0 aliphatic carbocycles. The van der Waals surface area contributed by atoms with Crippen LogP contribution in [-0.4, -0.2) is 29.6 Å². The second-order valence-corrected chi connectivity index (χ2v) is 9.57. The molecular weight excluding hydrogens is 503 g/mol. The van der Waals surface area contributed by atoms with Crippen LogP contribution >= 0.6 is 35.0 Å². The average Bonchev–Trinajstić information content (AvgIpc) is 3.14. The van der Waals surface area contributed by atoms with Crippen molar-refractivity contribution in [3.8, 4) is 11.5 Å². The molecule has 4 rings (SSSR count). The van der Waals surface area contributed by atoms with E-state index in [2.05, 4.69) is 0 Å². The molecule has 3 aromatic rings. The summed E-state index contributed by atoms with van der Waals surface area (Å²) in [5.41, 5.74) is 2.54. The highest BCUT2D eigenvalue weighted by atomic mass is 35.5. The van der Waals surface area contributed by atoms with Crippen LogP contribution in [0.25, 0.3) is 6.08 Å². The Hall–Kier alpha value is -2.93. The smallest absolute Gasteiger partial charge is 0.266 e. The molecule has 180 valence electrons. The number of hydrogen-bond acceptors (Lipinski definition) is 5. The van der Waals surface area contributed by atoms with Gasteiger partial charge >= 0.3 is 0 Å². The van der Waals surface area contributed by atoms with Gasteiger partial charge in [0.1, 0.15) is 6.61 Å². The van der Waals surface area contributed by atoms with Crippen molar-refractivity contribution in [2.45, 2.75) is 20.0 Å². The van der Waals surface area contributed by atoms with Crippen LogP contribution < -0.4 is 9.47 Å². The summed E-state index contributed by atoms with van der Waals surface area (Å²) < 4.78 is 11.5. The zero-order valence-corrected chi connectivity index (χ0v) is 21.7. The van der Waals surface area contributed by atoms with Crippen molar-refractivity contribution >= 4 is 57.8 Å². The third-order valence-electron chi connectivity index (χ3n) is 5.18. The third-order valence-corrected chi connectivity index (χ3v) is 6.93. The molecular formula is C27H24Cl2N2O3S. The van der Waals surface area contributed by atoms with Gasteiger partial charge in [-0.2, -0.15) is 0 Å². The van der Waals surface area contributed by atoms with E-state index in [4.69, 9.17) is 37.7 Å². The number of ether oxygens (including phenoxy) is 2. The monoisotopic (exact) mass is 526 g/mol. The molecule has 0 radical (unpaired) electrons. The average molecular weight is 527 g/mol. The van der Waals surface area contributed by atoms with E-state index in [0.29, 0.717) is 44.8 Å². The highest BCUT2D eigenvalue weighted by molar-refractivity contribution is 8.18. The van der Waals surface area contributed by atoms with Gasteiger partial charge in [-0.1, -0.05) is 60.5 Å². The molecule has 3 aromatic carbocycles. The molecule has 0 bridgehead atoms. The molecule has 8 heteroatoms. The molecule has 0 atom stereocenters. The fraction of sp³-hybridized carbons (Fsp3) is 0.185. The highest BCUT2D eigenvalue weighted by Crippen LogP contribution is 2.36. The number of rotatable bonds is 8. The topological polar surface area (TPSA) is 51.1 Å². The maximum absolute atomic E-state index is 13.1. The van der Waals surface area contributed by atoms with Crippen LogP contribution in [0, 0.1) is 0 Å². The van der Waals surface area contributed by atoms with Gasteiger partial charge < -0.3 is 9.47 Å². The summed E-state index contributed by atoms with van der Waals surface area (Å²) in [6, 6.07) is 20.6. The van der Waals surface area contributed by atoms with Crippen molar-refractivity contribution in [2.24, 2.45) is 4.99 Å². The van der Waals surface area contributed by atoms with Gasteiger partial charge in [0.25, 0.3) is 5.91 Å². The fourth-order valence-electron chi connectivity index (χ4n) is 3.46. The first-order valence-electron chi connectivity index (χ1n) is 11.1. The van der Waals surface area contributed by atoms with Crippen LogP contribution in [0.5, 0.6) is 11.5 Å². The number of benzene rings is 3. The van der Waals surface area contributed by atoms with Crippen molar-refractivity contribution in [2.75, 3.05) is 13.7 Å². The second-order valence-electron chi connectivity index (χ2n) is 7.74. The number of carbonyl (C=O) groups is 1. The predicted molar refractivity (Wildman–Crippen MR) is 145 cm³/mol. The first-order chi connectivity index (χ1) is 17.0. The lowest BCUT2D eigenvalue weighted by atomic mass is 10.1. The number of nitrogens with zero attached hydrogens (tertiary/aromatic N) is 2. The van der Waals surface area contributed by atoms with E-state index in [9.17, 15) is 4.79 Å². The van der Waals surface area contributed by atoms with Crippen LogP contribution in [0.2, 0.25) is 10.0 Å². The van der Waals surface area contributed by atoms with Crippen molar-refractivity contribution in [1.29, 1.82) is 0 Å². The minimum atomic E-state index is -0.0505. The molecule has 0 N–H and O–H groups in total. The fourth-order valence-corrected chi connectivity index (χ4v) is 4.81. The SMILES string of the molecule is CCCN1C(=O)/C(=C\c2ccc(OCc3ccc(Cl)c(Cl)c3)c(OC)c2)SC1=Nc1ccccc1. The second kappa shape index (κ2) is 11.7. The number of methoxy groups -OCH3 is 1. The number of halogens is 2. The van der Waals surface area contributed by atoms with E-state index in [0.717, 1.165) is 23.2 Å². The van der Waals surface area contributed by atoms with Gasteiger partial charge in [0.15, 0.2) is 16.7 Å². The van der Waals surface area contributed by atoms with Crippen molar-refractivity contribution < 1.29 is 14.3 Å². The number of para-hydroxylation sites is 1. The molecule has 1 fully saturated rings. The normalized spacial score (nSPS) is 15.8. The van der Waals surface area contributed by atoms with E-state index in [-0.39, 0.29) is 5.91 Å². The Labute approximate surface area is 219 Å². The quantitative estimate of drug-likeness (QED) is 0.283. The van der Waals surface area contributed by atoms with Crippen LogP contribution in [0.15, 0.2) is 76.6 Å². The summed E-state index contributed by atoms with van der Waals surface area (Å²) in [6.07, 6.45) is 2.69. The van der Waals surface area contributed by atoms with Crippen molar-refractivity contribution in [3.05, 3.63) is 92.8 Å². The van der Waals surface area contributed by atoms with Crippen LogP contribution in [0.3, 0.4) is 0 Å². The minimum absolute atomic E-state index is 0.0505. The van der Waals surface area contributed by atoms with Crippen LogP contribution in [-0.2, 0) is 11.4 Å². The Bertz CT molecular complexity index is 1280. The summed E-state index contributed by atoms with van der Waals surface area (Å²) in [5, 5.41) is 1.66. The molecule has 0 aromatic heterocycles. The lowest BCUT2D eigenvalue weighted by Gasteiger charge is -2.14. The largest absolute Gasteiger partial charge is 0.493 e. The summed E-state index contributed by atoms with van der Waals surface area (Å²) >= 11 is 13.5. The molecule has 0 spiro atoms. The summed E-state index contributed by atoms with van der Waals surface area (Å²) in [6.45, 7) is 2.97. The Morgan fingerprint density at radius 1 is 1.00 bits per heavy atom. The molecule has 1 heterocycles. The zero-order chi connectivity index (χ0) is 24.8. The Kier molecular flexibility index (Phi) is 8.39. The van der Waals surface area contributed by atoms with Gasteiger partial charge in [0, 0.05) is 6.54 Å². The van der Waals surface area contributed by atoms with Crippen molar-refractivity contribution in [3.63, 3.8) is 0 Å². The first-order valence-corrected chi connectivity index (χ1v) is 12.7. The molecule has 0 saturated carbocycles. The van der Waals surface area contributed by atoms with Crippen molar-refractivity contribution in [1.82, 2.24) is 4.90 Å². The summed E-state index contributed by atoms with van der Waals surface area (Å²) in [5.74, 6) is 1.11. The van der Waals surface area contributed by atoms with E-state index in [1.807, 2.05) is 67.6 Å². The molecule has 1 aliphatic heterocycles. The standard InChI is InChI=1S/C27H24Cl2N2O3S/c1-3-13-31-26(32)25(35-27(31)30-20-7-5-4-6-8-20)16-18-10-12-23(24(15-18)33-2)34-17-19-9-11-21(28)22(29)14-19/h4-12,14-16H,3,13,17H2,1-2H3/b25-16+,30-27?. The van der Waals surface area contributed by atoms with Gasteiger partial charge in [-0.05, 0) is 71.8 Å². The van der Waals surface area contributed by atoms with Gasteiger partial charge in [-0.25, -0.2) is 4.99 Å². The maximum atomic E-state index is 13.1. The lowest BCUT2D eigenvalue weighted by Crippen LogP contribution is -2.29. The highest BCUT2D eigenvalue weighted by Gasteiger charge is 2.32. The third kappa shape index (κ3) is 6.20. The molecule has 1 aliphatic rings. The number of hydrogen-bond donors (Lipinski definition) is 0. The van der Waals surface area contributed by atoms with Gasteiger partial charge in [-0.3, -0.25) is 9.69 Å². The Morgan fingerprint density at radius 2 is 1.80 bits per heavy atom.